The molecular weight excluding hydrogens is 290 g/mol. The molecule has 4 heteroatoms. The Kier molecular flexibility index (Phi) is 6.29. The van der Waals surface area contributed by atoms with Gasteiger partial charge in [-0.15, -0.1) is 0 Å². The molecule has 0 saturated heterocycles. The molecule has 0 aliphatic heterocycles. The molecule has 2 aromatic carbocycles. The Morgan fingerprint density at radius 3 is 2.52 bits per heavy atom. The van der Waals surface area contributed by atoms with Crippen LogP contribution in [-0.4, -0.2) is 18.3 Å². The number of rotatable bonds is 8. The fourth-order valence-corrected chi connectivity index (χ4v) is 2.46. The number of nitrogens with one attached hydrogen (secondary N) is 1. The monoisotopic (exact) mass is 315 g/mol. The van der Waals surface area contributed by atoms with E-state index in [0.29, 0.717) is 13.2 Å². The van der Waals surface area contributed by atoms with Crippen LogP contribution in [0.1, 0.15) is 37.9 Å². The normalized spacial score (nSPS) is 11.8. The first-order chi connectivity index (χ1) is 11.2. The van der Waals surface area contributed by atoms with E-state index in [0.717, 1.165) is 28.3 Å². The molecule has 1 unspecified atom stereocenters. The maximum absolute atomic E-state index is 9.49. The summed E-state index contributed by atoms with van der Waals surface area (Å²) in [6.07, 6.45) is 0. The quantitative estimate of drug-likeness (QED) is 0.768. The van der Waals surface area contributed by atoms with Gasteiger partial charge in [0.15, 0.2) is 0 Å². The van der Waals surface area contributed by atoms with Gasteiger partial charge in [0.1, 0.15) is 11.5 Å². The molecule has 0 aliphatic rings. The second-order valence-electron chi connectivity index (χ2n) is 5.29. The Hall–Kier alpha value is -2.20. The molecule has 2 aromatic rings. The maximum Gasteiger partial charge on any atom is 0.124 e. The third-order valence-electron chi connectivity index (χ3n) is 3.58. The van der Waals surface area contributed by atoms with Crippen molar-refractivity contribution >= 4 is 5.69 Å². The molecule has 1 atom stereocenters. The van der Waals surface area contributed by atoms with Gasteiger partial charge in [0.05, 0.1) is 19.8 Å². The first kappa shape index (κ1) is 17.2. The van der Waals surface area contributed by atoms with Crippen LogP contribution in [0.3, 0.4) is 0 Å². The third-order valence-corrected chi connectivity index (χ3v) is 3.58. The minimum absolute atomic E-state index is 0.0426. The smallest absolute Gasteiger partial charge is 0.124 e. The first-order valence-electron chi connectivity index (χ1n) is 8.03. The lowest BCUT2D eigenvalue weighted by molar-refractivity contribution is 0.267. The predicted octanol–water partition coefficient (Wildman–Crippen LogP) is 4.15. The van der Waals surface area contributed by atoms with E-state index in [-0.39, 0.29) is 12.6 Å². The number of hydrogen-bond acceptors (Lipinski definition) is 4. The van der Waals surface area contributed by atoms with Gasteiger partial charge in [-0.2, -0.15) is 0 Å². The average molecular weight is 315 g/mol. The van der Waals surface area contributed by atoms with E-state index in [2.05, 4.69) is 18.3 Å². The molecule has 0 heterocycles. The van der Waals surface area contributed by atoms with Gasteiger partial charge in [-0.1, -0.05) is 12.1 Å². The van der Waals surface area contributed by atoms with Gasteiger partial charge in [0.2, 0.25) is 0 Å². The molecule has 0 fully saturated rings. The Labute approximate surface area is 138 Å². The minimum Gasteiger partial charge on any atom is -0.494 e. The molecule has 0 aliphatic carbocycles. The summed E-state index contributed by atoms with van der Waals surface area (Å²) in [6.45, 7) is 7.20. The molecule has 4 nitrogen and oxygen atoms in total. The molecule has 0 radical (unpaired) electrons. The van der Waals surface area contributed by atoms with E-state index in [1.165, 1.54) is 0 Å². The van der Waals surface area contributed by atoms with Crippen LogP contribution in [-0.2, 0) is 6.61 Å². The van der Waals surface area contributed by atoms with Gasteiger partial charge in [-0.3, -0.25) is 0 Å². The van der Waals surface area contributed by atoms with Crippen LogP contribution in [0.2, 0.25) is 0 Å². The van der Waals surface area contributed by atoms with Crippen molar-refractivity contribution in [1.29, 1.82) is 0 Å². The third kappa shape index (κ3) is 4.63. The van der Waals surface area contributed by atoms with Gasteiger partial charge in [0, 0.05) is 17.3 Å². The Morgan fingerprint density at radius 2 is 1.83 bits per heavy atom. The highest BCUT2D eigenvalue weighted by Gasteiger charge is 2.09. The number of aliphatic hydroxyl groups excluding tert-OH is 1. The summed E-state index contributed by atoms with van der Waals surface area (Å²) in [4.78, 5) is 0. The van der Waals surface area contributed by atoms with E-state index in [1.807, 2.05) is 50.2 Å². The van der Waals surface area contributed by atoms with Gasteiger partial charge in [-0.25, -0.2) is 0 Å². The van der Waals surface area contributed by atoms with Gasteiger partial charge < -0.3 is 19.9 Å². The van der Waals surface area contributed by atoms with Crippen LogP contribution >= 0.6 is 0 Å². The van der Waals surface area contributed by atoms with E-state index < -0.39 is 0 Å². The molecular formula is C19H25NO3. The standard InChI is InChI=1S/C19H25NO3/c1-4-22-18-8-6-7-15(12-18)14(3)20-17-9-10-19(23-5-2)16(11-17)13-21/h6-12,14,20-21H,4-5,13H2,1-3H3. The fourth-order valence-electron chi connectivity index (χ4n) is 2.46. The largest absolute Gasteiger partial charge is 0.494 e. The van der Waals surface area contributed by atoms with Gasteiger partial charge >= 0.3 is 0 Å². The van der Waals surface area contributed by atoms with E-state index in [4.69, 9.17) is 9.47 Å². The van der Waals surface area contributed by atoms with Crippen molar-refractivity contribution in [1.82, 2.24) is 0 Å². The number of hydrogen-bond donors (Lipinski definition) is 2. The van der Waals surface area contributed by atoms with E-state index >= 15 is 0 Å². The second-order valence-corrected chi connectivity index (χ2v) is 5.29. The summed E-state index contributed by atoms with van der Waals surface area (Å²) >= 11 is 0. The number of anilines is 1. The zero-order valence-corrected chi connectivity index (χ0v) is 14.0. The molecule has 23 heavy (non-hydrogen) atoms. The molecule has 0 bridgehead atoms. The van der Waals surface area contributed by atoms with Crippen LogP contribution in [0.5, 0.6) is 11.5 Å². The van der Waals surface area contributed by atoms with Crippen LogP contribution < -0.4 is 14.8 Å². The van der Waals surface area contributed by atoms with Crippen LogP contribution in [0.15, 0.2) is 42.5 Å². The molecule has 124 valence electrons. The molecule has 0 amide bonds. The first-order valence-corrected chi connectivity index (χ1v) is 8.03. The zero-order chi connectivity index (χ0) is 16.7. The molecule has 0 saturated carbocycles. The van der Waals surface area contributed by atoms with E-state index in [9.17, 15) is 5.11 Å². The van der Waals surface area contributed by atoms with Crippen molar-refractivity contribution in [3.05, 3.63) is 53.6 Å². The highest BCUT2D eigenvalue weighted by Crippen LogP contribution is 2.27. The topological polar surface area (TPSA) is 50.7 Å². The minimum atomic E-state index is -0.0426. The van der Waals surface area contributed by atoms with Crippen molar-refractivity contribution in [3.8, 4) is 11.5 Å². The molecule has 0 spiro atoms. The lowest BCUT2D eigenvalue weighted by atomic mass is 10.1. The number of benzene rings is 2. The average Bonchev–Trinajstić information content (AvgIpc) is 2.57. The van der Waals surface area contributed by atoms with Crippen molar-refractivity contribution in [3.63, 3.8) is 0 Å². The summed E-state index contributed by atoms with van der Waals surface area (Å²) in [7, 11) is 0. The summed E-state index contributed by atoms with van der Waals surface area (Å²) < 4.78 is 11.1. The Morgan fingerprint density at radius 1 is 1.04 bits per heavy atom. The summed E-state index contributed by atoms with van der Waals surface area (Å²) in [5.41, 5.74) is 2.88. The van der Waals surface area contributed by atoms with Crippen molar-refractivity contribution < 1.29 is 14.6 Å². The molecule has 2 rings (SSSR count). The predicted molar refractivity (Wildman–Crippen MR) is 93.2 cm³/mol. The van der Waals surface area contributed by atoms with Crippen LogP contribution in [0.4, 0.5) is 5.69 Å². The van der Waals surface area contributed by atoms with Crippen molar-refractivity contribution in [2.75, 3.05) is 18.5 Å². The van der Waals surface area contributed by atoms with Gasteiger partial charge in [-0.05, 0) is 56.7 Å². The van der Waals surface area contributed by atoms with E-state index in [1.54, 1.807) is 0 Å². The maximum atomic E-state index is 9.49. The Bertz CT molecular complexity index is 628. The fraction of sp³-hybridized carbons (Fsp3) is 0.368. The SMILES string of the molecule is CCOc1cccc(C(C)Nc2ccc(OCC)c(CO)c2)c1. The van der Waals surface area contributed by atoms with Crippen LogP contribution in [0, 0.1) is 0 Å². The molecule has 0 aromatic heterocycles. The lowest BCUT2D eigenvalue weighted by Crippen LogP contribution is -2.07. The summed E-state index contributed by atoms with van der Waals surface area (Å²) in [5, 5.41) is 12.9. The number of aliphatic hydroxyl groups is 1. The van der Waals surface area contributed by atoms with Crippen molar-refractivity contribution in [2.45, 2.75) is 33.4 Å². The molecule has 2 N–H and O–H groups in total. The second kappa shape index (κ2) is 8.44. The summed E-state index contributed by atoms with van der Waals surface area (Å²) in [6, 6.07) is 14.0. The Balaban J connectivity index is 2.13. The highest BCUT2D eigenvalue weighted by atomic mass is 16.5. The number of ether oxygens (including phenoxy) is 2. The zero-order valence-electron chi connectivity index (χ0n) is 14.0. The van der Waals surface area contributed by atoms with Crippen molar-refractivity contribution in [2.24, 2.45) is 0 Å². The lowest BCUT2D eigenvalue weighted by Gasteiger charge is -2.18. The van der Waals surface area contributed by atoms with Crippen LogP contribution in [0.25, 0.3) is 0 Å². The highest BCUT2D eigenvalue weighted by molar-refractivity contribution is 5.52. The summed E-state index contributed by atoms with van der Waals surface area (Å²) in [5.74, 6) is 1.60. The van der Waals surface area contributed by atoms with Gasteiger partial charge in [0.25, 0.3) is 0 Å².